The van der Waals surface area contributed by atoms with Gasteiger partial charge in [-0.15, -0.1) is 0 Å². The van der Waals surface area contributed by atoms with Gasteiger partial charge in [0.2, 0.25) is 5.91 Å². The van der Waals surface area contributed by atoms with Crippen LogP contribution in [0.15, 0.2) is 35.4 Å². The van der Waals surface area contributed by atoms with Crippen molar-refractivity contribution in [2.24, 2.45) is 0 Å². The molecular weight excluding hydrogens is 390 g/mol. The number of carbonyl (C=O) groups excluding carboxylic acids is 3. The summed E-state index contributed by atoms with van der Waals surface area (Å²) < 4.78 is 6.85. The first-order chi connectivity index (χ1) is 14.0. The van der Waals surface area contributed by atoms with E-state index in [1.54, 1.807) is 13.2 Å². The molecule has 1 aromatic carbocycles. The van der Waals surface area contributed by atoms with E-state index in [0.29, 0.717) is 24.6 Å². The van der Waals surface area contributed by atoms with E-state index in [-0.39, 0.29) is 23.6 Å². The van der Waals surface area contributed by atoms with Crippen molar-refractivity contribution in [3.8, 4) is 0 Å². The molecule has 3 amide bonds. The van der Waals surface area contributed by atoms with Gasteiger partial charge in [0.15, 0.2) is 0 Å². The highest BCUT2D eigenvalue weighted by Crippen LogP contribution is 2.34. The summed E-state index contributed by atoms with van der Waals surface area (Å²) in [6.45, 7) is 3.69. The molecule has 8 heteroatoms. The van der Waals surface area contributed by atoms with Gasteiger partial charge in [-0.05, 0) is 36.7 Å². The van der Waals surface area contributed by atoms with E-state index >= 15 is 0 Å². The molecule has 1 aliphatic rings. The second-order valence-electron chi connectivity index (χ2n) is 6.76. The smallest absolute Gasteiger partial charge is 0.293 e. The number of carbonyl (C=O) groups is 3. The molecule has 3 rings (SSSR count). The molecule has 1 aromatic heterocycles. The minimum atomic E-state index is -0.255. The normalized spacial score (nSPS) is 15.7. The number of fused-ring (bicyclic) bond motifs is 1. The van der Waals surface area contributed by atoms with E-state index in [2.05, 4.69) is 5.32 Å². The molecule has 7 nitrogen and oxygen atoms in total. The Hall–Kier alpha value is -2.58. The van der Waals surface area contributed by atoms with Gasteiger partial charge >= 0.3 is 0 Å². The Kier molecular flexibility index (Phi) is 7.11. The quantitative estimate of drug-likeness (QED) is 0.502. The van der Waals surface area contributed by atoms with Crippen LogP contribution in [0.1, 0.15) is 25.3 Å². The van der Waals surface area contributed by atoms with E-state index in [1.807, 2.05) is 42.0 Å². The van der Waals surface area contributed by atoms with Gasteiger partial charge in [-0.1, -0.05) is 25.1 Å². The van der Waals surface area contributed by atoms with Crippen molar-refractivity contribution >= 4 is 45.8 Å². The van der Waals surface area contributed by atoms with E-state index < -0.39 is 0 Å². The van der Waals surface area contributed by atoms with Crippen LogP contribution in [0.5, 0.6) is 0 Å². The predicted molar refractivity (Wildman–Crippen MR) is 114 cm³/mol. The molecule has 0 aliphatic carbocycles. The number of rotatable bonds is 9. The first kappa shape index (κ1) is 21.1. The van der Waals surface area contributed by atoms with E-state index in [0.717, 1.165) is 41.1 Å². The number of para-hydroxylation sites is 1. The molecule has 2 heterocycles. The van der Waals surface area contributed by atoms with Crippen molar-refractivity contribution < 1.29 is 19.1 Å². The average Bonchev–Trinajstić information content (AvgIpc) is 3.18. The molecule has 2 aromatic rings. The highest BCUT2D eigenvalue weighted by atomic mass is 32.2. The molecule has 0 unspecified atom stereocenters. The fourth-order valence-electron chi connectivity index (χ4n) is 3.23. The van der Waals surface area contributed by atoms with E-state index in [9.17, 15) is 14.4 Å². The summed E-state index contributed by atoms with van der Waals surface area (Å²) in [5.41, 5.74) is 1.72. The van der Waals surface area contributed by atoms with Crippen molar-refractivity contribution in [3.63, 3.8) is 0 Å². The lowest BCUT2D eigenvalue weighted by Crippen LogP contribution is -2.28. The third-order valence-electron chi connectivity index (χ3n) is 4.59. The Morgan fingerprint density at radius 2 is 2.07 bits per heavy atom. The Balaban J connectivity index is 1.82. The fourth-order valence-corrected chi connectivity index (χ4v) is 4.09. The maximum atomic E-state index is 12.5. The summed E-state index contributed by atoms with van der Waals surface area (Å²) >= 11 is 0.962. The van der Waals surface area contributed by atoms with Crippen molar-refractivity contribution in [2.75, 3.05) is 26.8 Å². The lowest BCUT2D eigenvalue weighted by Gasteiger charge is -2.09. The Labute approximate surface area is 174 Å². The standard InChI is InChI=1S/C21H25N3O4S/c1-3-10-24-20(26)18(29-21(24)27)12-15-13-23(17-8-5-4-7-16(15)17)14-19(25)22-9-6-11-28-2/h4-5,7-8,12-13H,3,6,9-11,14H2,1-2H3,(H,22,25)/b18-12-. The van der Waals surface area contributed by atoms with Crippen LogP contribution < -0.4 is 5.32 Å². The van der Waals surface area contributed by atoms with E-state index in [4.69, 9.17) is 4.74 Å². The number of thioether (sulfide) groups is 1. The van der Waals surface area contributed by atoms with Crippen LogP contribution in [0.2, 0.25) is 0 Å². The van der Waals surface area contributed by atoms with Crippen molar-refractivity contribution in [3.05, 3.63) is 40.9 Å². The third kappa shape index (κ3) is 4.89. The SMILES string of the molecule is CCCN1C(=O)S/C(=C\c2cn(CC(=O)NCCCOC)c3ccccc23)C1=O. The molecule has 0 bridgehead atoms. The van der Waals surface area contributed by atoms with Crippen LogP contribution in [0.3, 0.4) is 0 Å². The maximum absolute atomic E-state index is 12.5. The molecule has 0 radical (unpaired) electrons. The number of hydrogen-bond acceptors (Lipinski definition) is 5. The molecule has 154 valence electrons. The molecule has 1 fully saturated rings. The number of amides is 3. The summed E-state index contributed by atoms with van der Waals surface area (Å²) in [5, 5.41) is 3.58. The van der Waals surface area contributed by atoms with Gasteiger partial charge in [-0.2, -0.15) is 0 Å². The second-order valence-corrected chi connectivity index (χ2v) is 7.75. The maximum Gasteiger partial charge on any atom is 0.293 e. The zero-order chi connectivity index (χ0) is 20.8. The molecule has 1 aliphatic heterocycles. The van der Waals surface area contributed by atoms with Gasteiger partial charge in [0.25, 0.3) is 11.1 Å². The molecule has 1 N–H and O–H groups in total. The topological polar surface area (TPSA) is 80.6 Å². The molecule has 0 spiro atoms. The number of nitrogens with zero attached hydrogens (tertiary/aromatic N) is 2. The fraction of sp³-hybridized carbons (Fsp3) is 0.381. The third-order valence-corrected chi connectivity index (χ3v) is 5.50. The zero-order valence-electron chi connectivity index (χ0n) is 16.6. The first-order valence-corrected chi connectivity index (χ1v) is 10.5. The van der Waals surface area contributed by atoms with Gasteiger partial charge in [0.05, 0.1) is 4.91 Å². The van der Waals surface area contributed by atoms with Crippen molar-refractivity contribution in [2.45, 2.75) is 26.3 Å². The number of hydrogen-bond donors (Lipinski definition) is 1. The van der Waals surface area contributed by atoms with Crippen LogP contribution in [0, 0.1) is 0 Å². The monoisotopic (exact) mass is 415 g/mol. The van der Waals surface area contributed by atoms with Gasteiger partial charge < -0.3 is 14.6 Å². The molecule has 0 saturated carbocycles. The lowest BCUT2D eigenvalue weighted by atomic mass is 10.1. The highest BCUT2D eigenvalue weighted by Gasteiger charge is 2.34. The molecule has 0 atom stereocenters. The molecule has 1 saturated heterocycles. The summed E-state index contributed by atoms with van der Waals surface area (Å²) in [4.78, 5) is 38.6. The highest BCUT2D eigenvalue weighted by molar-refractivity contribution is 8.18. The predicted octanol–water partition coefficient (Wildman–Crippen LogP) is 3.24. The number of nitrogens with one attached hydrogen (secondary N) is 1. The van der Waals surface area contributed by atoms with Crippen LogP contribution in [-0.4, -0.2) is 53.3 Å². The van der Waals surface area contributed by atoms with Gasteiger partial charge in [-0.3, -0.25) is 19.3 Å². The molecular formula is C21H25N3O4S. The minimum Gasteiger partial charge on any atom is -0.385 e. The van der Waals surface area contributed by atoms with E-state index in [1.165, 1.54) is 4.90 Å². The van der Waals surface area contributed by atoms with Crippen LogP contribution in [0.4, 0.5) is 4.79 Å². The number of ether oxygens (including phenoxy) is 1. The Morgan fingerprint density at radius 3 is 2.83 bits per heavy atom. The van der Waals surface area contributed by atoms with Gasteiger partial charge in [0.1, 0.15) is 6.54 Å². The summed E-state index contributed by atoms with van der Waals surface area (Å²) in [7, 11) is 1.63. The summed E-state index contributed by atoms with van der Waals surface area (Å²) in [5.74, 6) is -0.341. The number of aromatic nitrogens is 1. The average molecular weight is 416 g/mol. The number of methoxy groups -OCH3 is 1. The first-order valence-electron chi connectivity index (χ1n) is 9.64. The summed E-state index contributed by atoms with van der Waals surface area (Å²) in [6, 6.07) is 7.71. The Morgan fingerprint density at radius 1 is 1.28 bits per heavy atom. The van der Waals surface area contributed by atoms with Gasteiger partial charge in [-0.25, -0.2) is 0 Å². The zero-order valence-corrected chi connectivity index (χ0v) is 17.5. The van der Waals surface area contributed by atoms with Crippen LogP contribution in [0.25, 0.3) is 17.0 Å². The lowest BCUT2D eigenvalue weighted by molar-refractivity contribution is -0.123. The number of imide groups is 1. The van der Waals surface area contributed by atoms with Gasteiger partial charge in [0, 0.05) is 49.5 Å². The summed E-state index contributed by atoms with van der Waals surface area (Å²) in [6.07, 6.45) is 5.08. The Bertz CT molecular complexity index is 951. The van der Waals surface area contributed by atoms with Crippen molar-refractivity contribution in [1.82, 2.24) is 14.8 Å². The molecule has 29 heavy (non-hydrogen) atoms. The number of benzene rings is 1. The second kappa shape index (κ2) is 9.76. The van der Waals surface area contributed by atoms with Crippen LogP contribution in [-0.2, 0) is 20.9 Å². The van der Waals surface area contributed by atoms with Crippen LogP contribution >= 0.6 is 11.8 Å². The largest absolute Gasteiger partial charge is 0.385 e. The van der Waals surface area contributed by atoms with Crippen molar-refractivity contribution in [1.29, 1.82) is 0 Å². The minimum absolute atomic E-state index is 0.0864.